The zero-order chi connectivity index (χ0) is 18.4. The number of carbonyl (C=O) groups excluding carboxylic acids is 1. The number of rotatable bonds is 3. The molecule has 0 atom stereocenters. The molecule has 9 nitrogen and oxygen atoms in total. The Kier molecular flexibility index (Phi) is 3.64. The first-order chi connectivity index (χ1) is 12.5. The van der Waals surface area contributed by atoms with Crippen LogP contribution in [-0.2, 0) is 24.9 Å². The molecule has 0 amide bonds. The van der Waals surface area contributed by atoms with Crippen LogP contribution in [-0.4, -0.2) is 31.2 Å². The second-order valence-electron chi connectivity index (χ2n) is 6.18. The zero-order valence-electron chi connectivity index (χ0n) is 14.1. The van der Waals surface area contributed by atoms with Crippen LogP contribution >= 0.6 is 0 Å². The Balaban J connectivity index is 2.01. The average molecular weight is 354 g/mol. The lowest BCUT2D eigenvalue weighted by Gasteiger charge is -2.28. The number of carbonyl (C=O) groups is 1. The number of carboxylic acid groups (broad SMARTS) is 1. The molecular formula is C17H16N5O4-. The lowest BCUT2D eigenvalue weighted by molar-refractivity contribution is -0.306. The van der Waals surface area contributed by atoms with Crippen molar-refractivity contribution in [2.75, 3.05) is 11.4 Å². The van der Waals surface area contributed by atoms with Crippen LogP contribution in [0.25, 0.3) is 11.2 Å². The van der Waals surface area contributed by atoms with E-state index in [0.717, 1.165) is 18.7 Å². The predicted molar refractivity (Wildman–Crippen MR) is 92.3 cm³/mol. The number of aryl methyl sites for hydroxylation is 2. The van der Waals surface area contributed by atoms with Crippen molar-refractivity contribution in [2.45, 2.75) is 19.5 Å². The molecule has 1 aromatic carbocycles. The Morgan fingerprint density at radius 1 is 1.19 bits per heavy atom. The zero-order valence-corrected chi connectivity index (χ0v) is 14.1. The molecular weight excluding hydrogens is 338 g/mol. The molecule has 4 rings (SSSR count). The van der Waals surface area contributed by atoms with Crippen molar-refractivity contribution < 1.29 is 9.90 Å². The third kappa shape index (κ3) is 2.32. The Hall–Kier alpha value is -3.36. The fourth-order valence-electron chi connectivity index (χ4n) is 3.39. The Morgan fingerprint density at radius 3 is 2.62 bits per heavy atom. The van der Waals surface area contributed by atoms with Gasteiger partial charge in [-0.2, -0.15) is 4.98 Å². The van der Waals surface area contributed by atoms with E-state index in [1.54, 1.807) is 4.57 Å². The van der Waals surface area contributed by atoms with Gasteiger partial charge in [-0.3, -0.25) is 13.9 Å². The minimum atomic E-state index is -1.49. The summed E-state index contributed by atoms with van der Waals surface area (Å²) in [5.41, 5.74) is 0.00889. The first kappa shape index (κ1) is 16.1. The minimum absolute atomic E-state index is 0.226. The van der Waals surface area contributed by atoms with E-state index in [-0.39, 0.29) is 11.2 Å². The molecule has 3 aromatic rings. The number of nitrogens with zero attached hydrogens (tertiary/aromatic N) is 5. The van der Waals surface area contributed by atoms with Crippen molar-refractivity contribution in [3.8, 4) is 0 Å². The van der Waals surface area contributed by atoms with Gasteiger partial charge < -0.3 is 19.4 Å². The van der Waals surface area contributed by atoms with Crippen LogP contribution in [0.3, 0.4) is 0 Å². The molecule has 0 saturated heterocycles. The van der Waals surface area contributed by atoms with Gasteiger partial charge in [0.25, 0.3) is 5.56 Å². The summed E-state index contributed by atoms with van der Waals surface area (Å²) in [6, 6.07) is 9.64. The number of hydrogen-bond acceptors (Lipinski definition) is 6. The highest BCUT2D eigenvalue weighted by Crippen LogP contribution is 2.30. The number of carboxylic acids is 1. The lowest BCUT2D eigenvalue weighted by Crippen LogP contribution is -2.44. The number of fused-ring (bicyclic) bond motifs is 3. The minimum Gasteiger partial charge on any atom is -0.548 e. The smallest absolute Gasteiger partial charge is 0.332 e. The molecule has 0 saturated carbocycles. The maximum atomic E-state index is 12.8. The quantitative estimate of drug-likeness (QED) is 0.609. The van der Waals surface area contributed by atoms with Crippen LogP contribution in [0.15, 0.2) is 39.9 Å². The van der Waals surface area contributed by atoms with Crippen LogP contribution in [0.1, 0.15) is 6.42 Å². The van der Waals surface area contributed by atoms with Gasteiger partial charge >= 0.3 is 5.69 Å². The van der Waals surface area contributed by atoms with E-state index in [2.05, 4.69) is 4.98 Å². The third-order valence-corrected chi connectivity index (χ3v) is 4.57. The first-order valence-electron chi connectivity index (χ1n) is 8.21. The molecule has 0 N–H and O–H groups in total. The van der Waals surface area contributed by atoms with E-state index in [0.29, 0.717) is 17.1 Å². The number of benzene rings is 1. The van der Waals surface area contributed by atoms with Crippen molar-refractivity contribution in [1.82, 2.24) is 18.7 Å². The highest BCUT2D eigenvalue weighted by molar-refractivity contribution is 5.77. The fraction of sp³-hybridized carbons (Fsp3) is 0.294. The number of hydrogen-bond donors (Lipinski definition) is 0. The van der Waals surface area contributed by atoms with Gasteiger partial charge in [0.05, 0.1) is 12.5 Å². The van der Waals surface area contributed by atoms with Crippen molar-refractivity contribution >= 4 is 28.8 Å². The third-order valence-electron chi connectivity index (χ3n) is 4.57. The van der Waals surface area contributed by atoms with Crippen molar-refractivity contribution in [3.63, 3.8) is 0 Å². The standard InChI is InChI=1S/C17H17N5O4/c1-19-14-13(15(25)22(17(19)26)10-12(23)24)21-9-5-8-20(16(21)18-14)11-6-3-2-4-7-11/h2-4,6-7H,5,8-10H2,1H3,(H,23,24)/p-1. The number of anilines is 2. The molecule has 0 unspecified atom stereocenters. The number of para-hydroxylation sites is 1. The van der Waals surface area contributed by atoms with E-state index in [9.17, 15) is 19.5 Å². The van der Waals surface area contributed by atoms with E-state index in [1.807, 2.05) is 35.2 Å². The Bertz CT molecular complexity index is 1130. The molecule has 26 heavy (non-hydrogen) atoms. The molecule has 9 heteroatoms. The molecule has 1 aliphatic rings. The van der Waals surface area contributed by atoms with Crippen molar-refractivity contribution in [1.29, 1.82) is 0 Å². The number of imidazole rings is 1. The van der Waals surface area contributed by atoms with E-state index in [1.165, 1.54) is 11.6 Å². The second-order valence-corrected chi connectivity index (χ2v) is 6.18. The average Bonchev–Trinajstić information content (AvgIpc) is 3.04. The van der Waals surface area contributed by atoms with E-state index in [4.69, 9.17) is 0 Å². The Labute approximate surface area is 147 Å². The largest absolute Gasteiger partial charge is 0.548 e. The van der Waals surface area contributed by atoms with Crippen LogP contribution in [0.2, 0.25) is 0 Å². The SMILES string of the molecule is Cn1c(=O)n(CC(=O)[O-])c(=O)c2c1nc1n2CCCN1c1ccccc1. The van der Waals surface area contributed by atoms with Gasteiger partial charge in [0.15, 0.2) is 11.2 Å². The number of aromatic nitrogens is 4. The van der Waals surface area contributed by atoms with Crippen LogP contribution in [0.5, 0.6) is 0 Å². The van der Waals surface area contributed by atoms with Gasteiger partial charge in [-0.15, -0.1) is 0 Å². The summed E-state index contributed by atoms with van der Waals surface area (Å²) in [7, 11) is 1.47. The second kappa shape index (κ2) is 5.87. The first-order valence-corrected chi connectivity index (χ1v) is 8.21. The topological polar surface area (TPSA) is 105 Å². The van der Waals surface area contributed by atoms with E-state index < -0.39 is 23.8 Å². The van der Waals surface area contributed by atoms with Crippen molar-refractivity contribution in [3.05, 3.63) is 51.2 Å². The summed E-state index contributed by atoms with van der Waals surface area (Å²) < 4.78 is 3.63. The maximum absolute atomic E-state index is 12.8. The van der Waals surface area contributed by atoms with Gasteiger partial charge in [0.2, 0.25) is 5.95 Å². The van der Waals surface area contributed by atoms with Crippen LogP contribution in [0, 0.1) is 0 Å². The summed E-state index contributed by atoms with van der Waals surface area (Å²) >= 11 is 0. The summed E-state index contributed by atoms with van der Waals surface area (Å²) in [5, 5.41) is 10.9. The molecule has 0 spiro atoms. The Morgan fingerprint density at radius 2 is 1.92 bits per heavy atom. The summed E-state index contributed by atoms with van der Waals surface area (Å²) in [6.07, 6.45) is 0.788. The van der Waals surface area contributed by atoms with Gasteiger partial charge in [-0.25, -0.2) is 4.79 Å². The molecule has 1 aliphatic heterocycles. The van der Waals surface area contributed by atoms with Crippen LogP contribution in [0.4, 0.5) is 11.6 Å². The normalized spacial score (nSPS) is 13.8. The highest BCUT2D eigenvalue weighted by atomic mass is 16.4. The molecule has 0 aliphatic carbocycles. The molecule has 134 valence electrons. The van der Waals surface area contributed by atoms with Gasteiger partial charge in [0.1, 0.15) is 0 Å². The molecule has 0 bridgehead atoms. The van der Waals surface area contributed by atoms with Gasteiger partial charge in [-0.05, 0) is 18.6 Å². The maximum Gasteiger partial charge on any atom is 0.332 e. The van der Waals surface area contributed by atoms with Gasteiger partial charge in [-0.1, -0.05) is 18.2 Å². The highest BCUT2D eigenvalue weighted by Gasteiger charge is 2.26. The summed E-state index contributed by atoms with van der Waals surface area (Å²) in [5.74, 6) is -0.927. The molecule has 0 fully saturated rings. The monoisotopic (exact) mass is 354 g/mol. The van der Waals surface area contributed by atoms with Crippen LogP contribution < -0.4 is 21.3 Å². The van der Waals surface area contributed by atoms with E-state index >= 15 is 0 Å². The number of aliphatic carboxylic acids is 1. The molecule has 0 radical (unpaired) electrons. The summed E-state index contributed by atoms with van der Waals surface area (Å²) in [6.45, 7) is 0.507. The van der Waals surface area contributed by atoms with Crippen molar-refractivity contribution in [2.24, 2.45) is 7.05 Å². The van der Waals surface area contributed by atoms with Gasteiger partial charge in [0, 0.05) is 25.8 Å². The fourth-order valence-corrected chi connectivity index (χ4v) is 3.39. The molecule has 3 heterocycles. The molecule has 2 aromatic heterocycles. The lowest BCUT2D eigenvalue weighted by atomic mass is 10.2. The summed E-state index contributed by atoms with van der Waals surface area (Å²) in [4.78, 5) is 42.6. The predicted octanol–water partition coefficient (Wildman–Crippen LogP) is -0.812.